The highest BCUT2D eigenvalue weighted by Crippen LogP contribution is 2.58. The van der Waals surface area contributed by atoms with E-state index in [2.05, 4.69) is 8.83 Å². The number of carbonyl (C=O) groups is 1. The highest BCUT2D eigenvalue weighted by Gasteiger charge is 2.38. The van der Waals surface area contributed by atoms with Crippen molar-refractivity contribution in [2.45, 2.75) is 18.3 Å². The molecular weight excluding hydrogens is 393 g/mol. The number of aliphatic hydroxyl groups excluding tert-OH is 3. The van der Waals surface area contributed by atoms with E-state index < -0.39 is 48.4 Å². The molecule has 15 nitrogen and oxygen atoms in total. The van der Waals surface area contributed by atoms with Crippen molar-refractivity contribution in [3.63, 3.8) is 0 Å². The minimum Gasteiger partial charge on any atom is -0.394 e. The molecule has 4 atom stereocenters. The zero-order valence-electron chi connectivity index (χ0n) is 10.8. The number of phosphoric acid groups is 3. The second kappa shape index (κ2) is 10.0. The highest BCUT2D eigenvalue weighted by molar-refractivity contribution is 7.60. The maximum absolute atomic E-state index is 11.0. The van der Waals surface area contributed by atoms with Gasteiger partial charge in [0.15, 0.2) is 12.4 Å². The largest absolute Gasteiger partial charge is 0.481 e. The average Bonchev–Trinajstić information content (AvgIpc) is 2.29. The Morgan fingerprint density at radius 2 is 1.35 bits per heavy atom. The van der Waals surface area contributed by atoms with Crippen LogP contribution in [-0.4, -0.2) is 75.9 Å². The van der Waals surface area contributed by atoms with Crippen LogP contribution in [0.1, 0.15) is 0 Å². The van der Waals surface area contributed by atoms with Crippen LogP contribution in [0.3, 0.4) is 0 Å². The van der Waals surface area contributed by atoms with Gasteiger partial charge in [-0.3, -0.25) is 4.52 Å². The molecule has 0 radical (unpaired) electrons. The molecule has 0 rings (SSSR count). The Hall–Kier alpha value is -0.0800. The van der Waals surface area contributed by atoms with Crippen molar-refractivity contribution in [3.05, 3.63) is 0 Å². The predicted octanol–water partition coefficient (Wildman–Crippen LogP) is -3.43. The third kappa shape index (κ3) is 16.6. The summed E-state index contributed by atoms with van der Waals surface area (Å²) in [6.45, 7) is -0.982. The molecule has 0 aliphatic heterocycles. The van der Waals surface area contributed by atoms with Crippen LogP contribution < -0.4 is 0 Å². The van der Waals surface area contributed by atoms with Crippen molar-refractivity contribution in [3.8, 4) is 0 Å². The lowest BCUT2D eigenvalue weighted by atomic mass is 10.1. The molecule has 0 aromatic heterocycles. The van der Waals surface area contributed by atoms with Crippen LogP contribution in [0.4, 0.5) is 0 Å². The Balaban J connectivity index is 0. The SMILES string of the molecule is O=C[C@H](OP(=O)(O)OP(=O)(O)O)[C@H](O)[C@H](O)CO.O=P(O)(O)O. The number of phosphoric ester groups is 1. The number of hydrogen-bond donors (Lipinski definition) is 9. The molecule has 9 N–H and O–H groups in total. The van der Waals surface area contributed by atoms with Gasteiger partial charge in [-0.05, 0) is 0 Å². The van der Waals surface area contributed by atoms with Crippen LogP contribution in [0.5, 0.6) is 0 Å². The fraction of sp³-hybridized carbons (Fsp3) is 0.800. The van der Waals surface area contributed by atoms with Gasteiger partial charge >= 0.3 is 23.5 Å². The zero-order valence-corrected chi connectivity index (χ0v) is 13.5. The van der Waals surface area contributed by atoms with Gasteiger partial charge in [0.2, 0.25) is 0 Å². The molecule has 0 aromatic carbocycles. The van der Waals surface area contributed by atoms with Gasteiger partial charge in [0.1, 0.15) is 12.2 Å². The summed E-state index contributed by atoms with van der Waals surface area (Å²) in [5.41, 5.74) is 0. The van der Waals surface area contributed by atoms with Gasteiger partial charge in [0.05, 0.1) is 6.61 Å². The maximum atomic E-state index is 11.0. The van der Waals surface area contributed by atoms with Crippen molar-refractivity contribution >= 4 is 29.8 Å². The second-order valence-corrected chi connectivity index (χ2v) is 7.31. The minimum absolute atomic E-state index is 0.213. The van der Waals surface area contributed by atoms with Gasteiger partial charge in [-0.1, -0.05) is 0 Å². The van der Waals surface area contributed by atoms with Crippen LogP contribution in [-0.2, 0) is 27.3 Å². The molecule has 1 unspecified atom stereocenters. The molecular formula is C5H15O15P3. The molecule has 0 fully saturated rings. The molecule has 0 bridgehead atoms. The second-order valence-electron chi connectivity index (χ2n) is 3.50. The minimum atomic E-state index is -5.36. The van der Waals surface area contributed by atoms with E-state index in [1.807, 2.05) is 0 Å². The van der Waals surface area contributed by atoms with Crippen molar-refractivity contribution in [2.24, 2.45) is 0 Å². The van der Waals surface area contributed by atoms with Crippen LogP contribution >= 0.6 is 23.5 Å². The first-order chi connectivity index (χ1) is 10.0. The number of aliphatic hydroxyl groups is 3. The van der Waals surface area contributed by atoms with Crippen LogP contribution in [0, 0.1) is 0 Å². The summed E-state index contributed by atoms with van der Waals surface area (Å²) in [5, 5.41) is 26.6. The van der Waals surface area contributed by atoms with Crippen LogP contribution in [0.25, 0.3) is 0 Å². The monoisotopic (exact) mass is 408 g/mol. The summed E-state index contributed by atoms with van der Waals surface area (Å²) in [6.07, 6.45) is -6.30. The molecule has 23 heavy (non-hydrogen) atoms. The quantitative estimate of drug-likeness (QED) is 0.140. The van der Waals surface area contributed by atoms with Gasteiger partial charge < -0.3 is 49.5 Å². The molecule has 0 saturated heterocycles. The summed E-state index contributed by atoms with van der Waals surface area (Å²) < 4.78 is 37.5. The van der Waals surface area contributed by atoms with E-state index in [1.165, 1.54) is 0 Å². The summed E-state index contributed by atoms with van der Waals surface area (Å²) >= 11 is 0. The molecule has 0 amide bonds. The number of hydrogen-bond acceptors (Lipinski definition) is 9. The molecule has 0 aliphatic carbocycles. The van der Waals surface area contributed by atoms with E-state index in [9.17, 15) is 19.0 Å². The fourth-order valence-corrected chi connectivity index (χ4v) is 2.51. The lowest BCUT2D eigenvalue weighted by Crippen LogP contribution is -2.41. The van der Waals surface area contributed by atoms with Gasteiger partial charge in [0, 0.05) is 0 Å². The van der Waals surface area contributed by atoms with Crippen molar-refractivity contribution in [1.29, 1.82) is 0 Å². The topological polar surface area (TPSA) is 269 Å². The first kappa shape index (κ1) is 25.2. The van der Waals surface area contributed by atoms with Crippen LogP contribution in [0.2, 0.25) is 0 Å². The zero-order chi connectivity index (χ0) is 19.1. The van der Waals surface area contributed by atoms with Crippen molar-refractivity contribution < 1.29 is 72.0 Å². The first-order valence-corrected chi connectivity index (χ1v) is 9.60. The van der Waals surface area contributed by atoms with E-state index in [-0.39, 0.29) is 6.29 Å². The smallest absolute Gasteiger partial charge is 0.394 e. The number of aldehydes is 1. The molecule has 0 aliphatic rings. The molecule has 0 aromatic rings. The Morgan fingerprint density at radius 1 is 0.957 bits per heavy atom. The Bertz CT molecular complexity index is 483. The summed E-state index contributed by atoms with van der Waals surface area (Å²) in [7, 11) is -15.3. The first-order valence-electron chi connectivity index (χ1n) is 5.01. The van der Waals surface area contributed by atoms with E-state index in [4.69, 9.17) is 44.1 Å². The lowest BCUT2D eigenvalue weighted by molar-refractivity contribution is -0.126. The third-order valence-corrected chi connectivity index (χ3v) is 3.70. The van der Waals surface area contributed by atoms with Gasteiger partial charge in [-0.15, -0.1) is 0 Å². The average molecular weight is 408 g/mol. The summed E-state index contributed by atoms with van der Waals surface area (Å²) in [4.78, 5) is 57.4. The summed E-state index contributed by atoms with van der Waals surface area (Å²) in [5.74, 6) is 0. The Morgan fingerprint density at radius 3 is 1.61 bits per heavy atom. The van der Waals surface area contributed by atoms with E-state index in [1.54, 1.807) is 0 Å². The van der Waals surface area contributed by atoms with Crippen molar-refractivity contribution in [1.82, 2.24) is 0 Å². The Labute approximate surface area is 127 Å². The molecule has 140 valence electrons. The standard InChI is InChI=1S/C5H12O11P2.H3O4P/c6-1-3(8)5(9)4(2-7)15-18(13,14)16-17(10,11)12;1-5(2,3)4/h2-6,8-9H,1H2,(H,13,14)(H2,10,11,12);(H3,1,2,3,4)/t3-,4+,5-;/m1./s1. The van der Waals surface area contributed by atoms with Crippen molar-refractivity contribution in [2.75, 3.05) is 6.61 Å². The van der Waals surface area contributed by atoms with Gasteiger partial charge in [0.25, 0.3) is 0 Å². The van der Waals surface area contributed by atoms with Gasteiger partial charge in [-0.25, -0.2) is 13.7 Å². The normalized spacial score (nSPS) is 18.8. The number of rotatable bonds is 8. The molecule has 0 heterocycles. The van der Waals surface area contributed by atoms with Crippen LogP contribution in [0.15, 0.2) is 0 Å². The molecule has 0 spiro atoms. The Kier molecular flexibility index (Phi) is 11.0. The summed E-state index contributed by atoms with van der Waals surface area (Å²) in [6, 6.07) is 0. The fourth-order valence-electron chi connectivity index (χ4n) is 0.802. The molecule has 0 saturated carbocycles. The lowest BCUT2D eigenvalue weighted by Gasteiger charge is -2.23. The van der Waals surface area contributed by atoms with E-state index in [0.717, 1.165) is 0 Å². The highest BCUT2D eigenvalue weighted by atomic mass is 31.3. The molecule has 18 heteroatoms. The van der Waals surface area contributed by atoms with E-state index in [0.29, 0.717) is 0 Å². The van der Waals surface area contributed by atoms with E-state index >= 15 is 0 Å². The predicted molar refractivity (Wildman–Crippen MR) is 67.3 cm³/mol. The third-order valence-electron chi connectivity index (χ3n) is 1.52. The maximum Gasteiger partial charge on any atom is 0.481 e. The number of carbonyl (C=O) groups excluding carboxylic acids is 1. The van der Waals surface area contributed by atoms with Gasteiger partial charge in [-0.2, -0.15) is 4.31 Å².